The maximum absolute atomic E-state index is 14.4. The number of aromatic nitrogens is 3. The fourth-order valence-electron chi connectivity index (χ4n) is 5.45. The Balaban J connectivity index is 1.80. The Bertz CT molecular complexity index is 1680. The van der Waals surface area contributed by atoms with Crippen molar-refractivity contribution in [2.24, 2.45) is 7.05 Å². The van der Waals surface area contributed by atoms with Crippen LogP contribution in [0.15, 0.2) is 64.3 Å². The van der Waals surface area contributed by atoms with Crippen molar-refractivity contribution >= 4 is 20.9 Å². The number of likely N-dealkylation sites (N-methyl/N-ethyl adjacent to an activating group) is 1. The molecule has 9 nitrogen and oxygen atoms in total. The van der Waals surface area contributed by atoms with Crippen LogP contribution in [0.3, 0.4) is 0 Å². The molecule has 0 unspecified atom stereocenters. The monoisotopic (exact) mass is 621 g/mol. The van der Waals surface area contributed by atoms with Crippen molar-refractivity contribution in [2.75, 3.05) is 32.8 Å². The van der Waals surface area contributed by atoms with Crippen LogP contribution in [0, 0.1) is 0 Å². The number of pyridine rings is 1. The highest BCUT2D eigenvalue weighted by molar-refractivity contribution is 7.89. The Morgan fingerprint density at radius 1 is 0.932 bits per heavy atom. The zero-order valence-corrected chi connectivity index (χ0v) is 27.6. The second-order valence-corrected chi connectivity index (χ2v) is 13.2. The number of rotatable bonds is 17. The lowest BCUT2D eigenvalue weighted by Crippen LogP contribution is -2.38. The van der Waals surface area contributed by atoms with Crippen LogP contribution < -0.4 is 10.3 Å². The lowest BCUT2D eigenvalue weighted by atomic mass is 10.1. The van der Waals surface area contributed by atoms with Gasteiger partial charge in [0.15, 0.2) is 0 Å². The summed E-state index contributed by atoms with van der Waals surface area (Å²) in [6.45, 7) is 11.9. The number of H-pyrrole nitrogens is 1. The molecule has 0 saturated heterocycles. The van der Waals surface area contributed by atoms with E-state index in [1.165, 1.54) is 0 Å². The van der Waals surface area contributed by atoms with E-state index in [-0.39, 0.29) is 17.0 Å². The first-order valence-corrected chi connectivity index (χ1v) is 17.3. The molecule has 0 saturated carbocycles. The number of aromatic amines is 1. The fourth-order valence-corrected chi connectivity index (χ4v) is 6.89. The lowest BCUT2D eigenvalue weighted by Gasteiger charge is -2.27. The minimum atomic E-state index is -3.91. The number of nitrogens with one attached hydrogen (secondary N) is 1. The molecule has 2 aromatic carbocycles. The van der Waals surface area contributed by atoms with Crippen LogP contribution >= 0.6 is 0 Å². The molecule has 0 bridgehead atoms. The normalized spacial score (nSPS) is 12.1. The summed E-state index contributed by atoms with van der Waals surface area (Å²) in [5.74, 6) is 0.521. The van der Waals surface area contributed by atoms with E-state index >= 15 is 0 Å². The maximum atomic E-state index is 14.4. The summed E-state index contributed by atoms with van der Waals surface area (Å²) in [7, 11) is -2.15. The molecule has 0 aliphatic rings. The Morgan fingerprint density at radius 3 is 2.39 bits per heavy atom. The zero-order valence-electron chi connectivity index (χ0n) is 26.8. The Morgan fingerprint density at radius 2 is 1.70 bits per heavy atom. The number of benzene rings is 2. The number of sulfonamides is 1. The molecule has 0 amide bonds. The highest BCUT2D eigenvalue weighted by Gasteiger charge is 2.27. The zero-order chi connectivity index (χ0) is 31.7. The van der Waals surface area contributed by atoms with Gasteiger partial charge in [-0.3, -0.25) is 9.48 Å². The molecule has 10 heteroatoms. The molecular formula is C34H47N5O4S. The number of ether oxygens (including phenoxy) is 1. The summed E-state index contributed by atoms with van der Waals surface area (Å²) < 4.78 is 38.0. The van der Waals surface area contributed by atoms with Gasteiger partial charge < -0.3 is 14.6 Å². The van der Waals surface area contributed by atoms with Gasteiger partial charge in [0.1, 0.15) is 11.3 Å². The molecule has 0 atom stereocenters. The molecular weight excluding hydrogens is 574 g/mol. The van der Waals surface area contributed by atoms with Crippen molar-refractivity contribution in [1.82, 2.24) is 24.0 Å². The van der Waals surface area contributed by atoms with E-state index in [4.69, 9.17) is 4.74 Å². The van der Waals surface area contributed by atoms with Gasteiger partial charge in [0, 0.05) is 37.6 Å². The van der Waals surface area contributed by atoms with Gasteiger partial charge in [-0.15, -0.1) is 0 Å². The van der Waals surface area contributed by atoms with Crippen molar-refractivity contribution in [3.63, 3.8) is 0 Å². The predicted octanol–water partition coefficient (Wildman–Crippen LogP) is 5.98. The molecule has 238 valence electrons. The van der Waals surface area contributed by atoms with Gasteiger partial charge in [-0.25, -0.2) is 8.42 Å². The molecule has 1 N–H and O–H groups in total. The van der Waals surface area contributed by atoms with E-state index in [1.807, 2.05) is 43.3 Å². The molecule has 2 heterocycles. The number of fused-ring (bicyclic) bond motifs is 1. The van der Waals surface area contributed by atoms with Crippen LogP contribution in [-0.2, 0) is 30.0 Å². The first-order chi connectivity index (χ1) is 21.2. The van der Waals surface area contributed by atoms with E-state index in [0.29, 0.717) is 42.2 Å². The third-order valence-electron chi connectivity index (χ3n) is 7.88. The van der Waals surface area contributed by atoms with Crippen molar-refractivity contribution in [3.8, 4) is 17.0 Å². The summed E-state index contributed by atoms with van der Waals surface area (Å²) in [4.78, 5) is 18.7. The van der Waals surface area contributed by atoms with E-state index in [2.05, 4.69) is 35.8 Å². The average molecular weight is 622 g/mol. The smallest absolute Gasteiger partial charge is 0.274 e. The molecule has 2 aromatic heterocycles. The molecule has 0 aliphatic heterocycles. The number of unbranched alkanes of at least 4 members (excludes halogenated alkanes) is 1. The van der Waals surface area contributed by atoms with Crippen molar-refractivity contribution in [1.29, 1.82) is 0 Å². The number of hydrogen-bond donors (Lipinski definition) is 1. The lowest BCUT2D eigenvalue weighted by molar-refractivity contribution is 0.254. The molecule has 4 aromatic rings. The quantitative estimate of drug-likeness (QED) is 0.156. The molecule has 4 rings (SSSR count). The van der Waals surface area contributed by atoms with Crippen LogP contribution in [0.25, 0.3) is 22.2 Å². The Labute approximate surface area is 261 Å². The number of nitrogens with zero attached hydrogens (tertiary/aromatic N) is 4. The minimum absolute atomic E-state index is 0.157. The van der Waals surface area contributed by atoms with Crippen LogP contribution in [0.1, 0.15) is 64.6 Å². The van der Waals surface area contributed by atoms with Crippen LogP contribution in [0.4, 0.5) is 0 Å². The summed E-state index contributed by atoms with van der Waals surface area (Å²) in [5, 5.41) is 5.35. The van der Waals surface area contributed by atoms with E-state index in [0.717, 1.165) is 61.8 Å². The highest BCUT2D eigenvalue weighted by Crippen LogP contribution is 2.34. The highest BCUT2D eigenvalue weighted by atomic mass is 32.2. The SMILES string of the molecule is CCCCN(CC)CCN(Cc1ccccc1)S(=O)(=O)c1ccc(OCCC)c(-c2cc3c(CCC)nn(C)c3c(=O)[nH]2)c1. The second-order valence-electron chi connectivity index (χ2n) is 11.2. The van der Waals surface area contributed by atoms with Crippen LogP contribution in [-0.4, -0.2) is 65.2 Å². The standard InChI is InChI=1S/C34H47N5O4S/c1-6-10-19-38(9-4)20-21-39(25-26-15-12-11-13-16-26)44(41,42)27-17-18-32(43-22-8-3)28(23-27)31-24-29-30(14-7-2)36-37(5)33(29)34(40)35-31/h11-13,15-18,23-24H,6-10,14,19-22,25H2,1-5H3,(H,35,40). The summed E-state index contributed by atoms with van der Waals surface area (Å²) in [6, 6.07) is 16.5. The predicted molar refractivity (Wildman–Crippen MR) is 178 cm³/mol. The van der Waals surface area contributed by atoms with E-state index < -0.39 is 10.0 Å². The first-order valence-electron chi connectivity index (χ1n) is 15.9. The van der Waals surface area contributed by atoms with Crippen molar-refractivity contribution < 1.29 is 13.2 Å². The summed E-state index contributed by atoms with van der Waals surface area (Å²) in [5.41, 5.74) is 3.02. The van der Waals surface area contributed by atoms with Gasteiger partial charge >= 0.3 is 0 Å². The third-order valence-corrected chi connectivity index (χ3v) is 9.72. The molecule has 0 fully saturated rings. The van der Waals surface area contributed by atoms with Crippen LogP contribution in [0.5, 0.6) is 5.75 Å². The first kappa shape index (κ1) is 33.4. The average Bonchev–Trinajstić information content (AvgIpc) is 3.34. The van der Waals surface area contributed by atoms with Crippen LogP contribution in [0.2, 0.25) is 0 Å². The van der Waals surface area contributed by atoms with E-state index in [9.17, 15) is 13.2 Å². The largest absolute Gasteiger partial charge is 0.493 e. The molecule has 44 heavy (non-hydrogen) atoms. The van der Waals surface area contributed by atoms with Gasteiger partial charge in [0.05, 0.1) is 22.9 Å². The maximum Gasteiger partial charge on any atom is 0.274 e. The van der Waals surface area contributed by atoms with E-state index in [1.54, 1.807) is 34.2 Å². The molecule has 0 aliphatic carbocycles. The Hall–Kier alpha value is -3.47. The van der Waals surface area contributed by atoms with Gasteiger partial charge in [0.25, 0.3) is 5.56 Å². The summed E-state index contributed by atoms with van der Waals surface area (Å²) >= 11 is 0. The van der Waals surface area contributed by atoms with Gasteiger partial charge in [-0.1, -0.05) is 70.9 Å². The summed E-state index contributed by atoms with van der Waals surface area (Å²) in [6.07, 6.45) is 4.56. The number of aryl methyl sites for hydroxylation is 2. The van der Waals surface area contributed by atoms with Gasteiger partial charge in [-0.2, -0.15) is 9.40 Å². The Kier molecular flexibility index (Phi) is 11.8. The van der Waals surface area contributed by atoms with Gasteiger partial charge in [-0.05, 0) is 62.2 Å². The second kappa shape index (κ2) is 15.5. The minimum Gasteiger partial charge on any atom is -0.493 e. The molecule has 0 spiro atoms. The third kappa shape index (κ3) is 7.78. The number of hydrogen-bond acceptors (Lipinski definition) is 6. The van der Waals surface area contributed by atoms with Gasteiger partial charge in [0.2, 0.25) is 10.0 Å². The molecule has 0 radical (unpaired) electrons. The fraction of sp³-hybridized carbons (Fsp3) is 0.471. The van der Waals surface area contributed by atoms with Crippen molar-refractivity contribution in [3.05, 3.63) is 76.2 Å². The topological polar surface area (TPSA) is 101 Å². The van der Waals surface area contributed by atoms with Crippen molar-refractivity contribution in [2.45, 2.75) is 71.2 Å².